The van der Waals surface area contributed by atoms with E-state index >= 15 is 0 Å². The SMILES string of the molecule is Cc1sc(C(=O)O)cc1CC#N. The predicted molar refractivity (Wildman–Crippen MR) is 45.3 cm³/mol. The average molecular weight is 181 g/mol. The zero-order valence-electron chi connectivity index (χ0n) is 6.50. The van der Waals surface area contributed by atoms with Crippen LogP contribution in [0.1, 0.15) is 20.1 Å². The molecule has 1 N–H and O–H groups in total. The molecule has 12 heavy (non-hydrogen) atoms. The second-order valence-electron chi connectivity index (χ2n) is 2.33. The minimum Gasteiger partial charge on any atom is -0.477 e. The maximum atomic E-state index is 10.5. The van der Waals surface area contributed by atoms with E-state index in [1.54, 1.807) is 6.07 Å². The first-order valence-corrected chi connectivity index (χ1v) is 4.16. The van der Waals surface area contributed by atoms with Crippen molar-refractivity contribution in [1.29, 1.82) is 5.26 Å². The zero-order chi connectivity index (χ0) is 9.14. The van der Waals surface area contributed by atoms with Crippen molar-refractivity contribution in [3.8, 4) is 6.07 Å². The molecule has 0 aliphatic rings. The van der Waals surface area contributed by atoms with Crippen LogP contribution in [-0.4, -0.2) is 11.1 Å². The van der Waals surface area contributed by atoms with E-state index in [0.29, 0.717) is 4.88 Å². The molecular formula is C8H7NO2S. The second kappa shape index (κ2) is 3.37. The molecule has 1 aromatic heterocycles. The number of nitriles is 1. The van der Waals surface area contributed by atoms with Gasteiger partial charge in [0, 0.05) is 4.88 Å². The first kappa shape index (κ1) is 8.75. The smallest absolute Gasteiger partial charge is 0.345 e. The summed E-state index contributed by atoms with van der Waals surface area (Å²) in [4.78, 5) is 11.7. The van der Waals surface area contributed by atoms with Gasteiger partial charge in [0.05, 0.1) is 12.5 Å². The fraction of sp³-hybridized carbons (Fsp3) is 0.250. The molecule has 0 saturated heterocycles. The number of carboxylic acid groups (broad SMARTS) is 1. The quantitative estimate of drug-likeness (QED) is 0.757. The van der Waals surface area contributed by atoms with Crippen LogP contribution >= 0.6 is 11.3 Å². The summed E-state index contributed by atoms with van der Waals surface area (Å²) >= 11 is 1.21. The summed E-state index contributed by atoms with van der Waals surface area (Å²) in [7, 11) is 0. The monoisotopic (exact) mass is 181 g/mol. The van der Waals surface area contributed by atoms with Crippen molar-refractivity contribution in [2.75, 3.05) is 0 Å². The van der Waals surface area contributed by atoms with E-state index < -0.39 is 5.97 Å². The van der Waals surface area contributed by atoms with Crippen LogP contribution in [0.15, 0.2) is 6.07 Å². The molecule has 0 radical (unpaired) electrons. The van der Waals surface area contributed by atoms with E-state index in [1.165, 1.54) is 11.3 Å². The molecule has 3 nitrogen and oxygen atoms in total. The molecule has 0 bridgehead atoms. The Morgan fingerprint density at radius 1 is 1.83 bits per heavy atom. The highest BCUT2D eigenvalue weighted by atomic mass is 32.1. The maximum Gasteiger partial charge on any atom is 0.345 e. The molecule has 0 saturated carbocycles. The van der Waals surface area contributed by atoms with E-state index in [0.717, 1.165) is 10.4 Å². The highest BCUT2D eigenvalue weighted by Crippen LogP contribution is 2.21. The highest BCUT2D eigenvalue weighted by molar-refractivity contribution is 7.14. The Hall–Kier alpha value is -1.34. The summed E-state index contributed by atoms with van der Waals surface area (Å²) in [5, 5.41) is 17.0. The van der Waals surface area contributed by atoms with Gasteiger partial charge in [-0.05, 0) is 18.6 Å². The van der Waals surface area contributed by atoms with Crippen molar-refractivity contribution in [1.82, 2.24) is 0 Å². The highest BCUT2D eigenvalue weighted by Gasteiger charge is 2.09. The molecule has 0 aliphatic carbocycles. The van der Waals surface area contributed by atoms with Crippen LogP contribution < -0.4 is 0 Å². The molecule has 0 atom stereocenters. The summed E-state index contributed by atoms with van der Waals surface area (Å²) < 4.78 is 0. The van der Waals surface area contributed by atoms with Crippen LogP contribution in [-0.2, 0) is 6.42 Å². The first-order chi connectivity index (χ1) is 5.65. The Bertz CT molecular complexity index is 348. The number of nitrogens with zero attached hydrogens (tertiary/aromatic N) is 1. The summed E-state index contributed by atoms with van der Waals surface area (Å²) in [6.45, 7) is 1.82. The molecule has 1 aromatic rings. The molecule has 0 fully saturated rings. The largest absolute Gasteiger partial charge is 0.477 e. The average Bonchev–Trinajstić information content (AvgIpc) is 2.34. The van der Waals surface area contributed by atoms with Gasteiger partial charge in [0.15, 0.2) is 0 Å². The summed E-state index contributed by atoms with van der Waals surface area (Å²) in [5.74, 6) is -0.924. The third kappa shape index (κ3) is 1.63. The third-order valence-corrected chi connectivity index (χ3v) is 2.58. The van der Waals surface area contributed by atoms with Crippen molar-refractivity contribution in [3.05, 3.63) is 21.4 Å². The topological polar surface area (TPSA) is 61.1 Å². The van der Waals surface area contributed by atoms with E-state index in [1.807, 2.05) is 13.0 Å². The van der Waals surface area contributed by atoms with Crippen molar-refractivity contribution < 1.29 is 9.90 Å². The van der Waals surface area contributed by atoms with E-state index in [2.05, 4.69) is 0 Å². The number of aryl methyl sites for hydroxylation is 1. The Balaban J connectivity index is 3.02. The lowest BCUT2D eigenvalue weighted by atomic mass is 10.2. The minimum absolute atomic E-state index is 0.287. The van der Waals surface area contributed by atoms with Crippen LogP contribution in [0.4, 0.5) is 0 Å². The molecule has 0 aromatic carbocycles. The summed E-state index contributed by atoms with van der Waals surface area (Å²) in [6.07, 6.45) is 0.287. The van der Waals surface area contributed by atoms with Crippen LogP contribution in [0.3, 0.4) is 0 Å². The van der Waals surface area contributed by atoms with Gasteiger partial charge in [-0.25, -0.2) is 4.79 Å². The molecular weight excluding hydrogens is 174 g/mol. The second-order valence-corrected chi connectivity index (χ2v) is 3.59. The number of hydrogen-bond donors (Lipinski definition) is 1. The molecule has 4 heteroatoms. The van der Waals surface area contributed by atoms with Crippen LogP contribution in [0.5, 0.6) is 0 Å². The van der Waals surface area contributed by atoms with Gasteiger partial charge in [0.2, 0.25) is 0 Å². The Kier molecular flexibility index (Phi) is 2.46. The van der Waals surface area contributed by atoms with Crippen molar-refractivity contribution in [2.45, 2.75) is 13.3 Å². The maximum absolute atomic E-state index is 10.5. The number of carboxylic acids is 1. The van der Waals surface area contributed by atoms with Gasteiger partial charge in [0.1, 0.15) is 4.88 Å². The fourth-order valence-electron chi connectivity index (χ4n) is 0.886. The Labute approximate surface area is 73.9 Å². The zero-order valence-corrected chi connectivity index (χ0v) is 7.31. The van der Waals surface area contributed by atoms with Gasteiger partial charge in [-0.3, -0.25) is 0 Å². The Morgan fingerprint density at radius 2 is 2.50 bits per heavy atom. The minimum atomic E-state index is -0.924. The lowest BCUT2D eigenvalue weighted by Crippen LogP contribution is -1.90. The van der Waals surface area contributed by atoms with E-state index in [9.17, 15) is 4.79 Å². The van der Waals surface area contributed by atoms with Gasteiger partial charge >= 0.3 is 5.97 Å². The molecule has 62 valence electrons. The molecule has 0 aliphatic heterocycles. The number of thiophene rings is 1. The Morgan fingerprint density at radius 3 is 2.92 bits per heavy atom. The van der Waals surface area contributed by atoms with E-state index in [4.69, 9.17) is 10.4 Å². The van der Waals surface area contributed by atoms with E-state index in [-0.39, 0.29) is 6.42 Å². The summed E-state index contributed by atoms with van der Waals surface area (Å²) in [6, 6.07) is 3.55. The molecule has 0 amide bonds. The normalized spacial score (nSPS) is 9.33. The molecule has 0 unspecified atom stereocenters. The van der Waals surface area contributed by atoms with Gasteiger partial charge in [-0.2, -0.15) is 5.26 Å². The van der Waals surface area contributed by atoms with Gasteiger partial charge in [-0.1, -0.05) is 0 Å². The standard InChI is InChI=1S/C8H7NO2S/c1-5-6(2-3-9)4-7(12-5)8(10)11/h4H,2H2,1H3,(H,10,11). The number of rotatable bonds is 2. The molecule has 0 spiro atoms. The van der Waals surface area contributed by atoms with Gasteiger partial charge in [0.25, 0.3) is 0 Å². The van der Waals surface area contributed by atoms with Crippen molar-refractivity contribution in [3.63, 3.8) is 0 Å². The lowest BCUT2D eigenvalue weighted by molar-refractivity contribution is 0.0702. The number of aromatic carboxylic acids is 1. The first-order valence-electron chi connectivity index (χ1n) is 3.34. The lowest BCUT2D eigenvalue weighted by Gasteiger charge is -1.85. The number of carbonyl (C=O) groups is 1. The van der Waals surface area contributed by atoms with Crippen LogP contribution in [0.2, 0.25) is 0 Å². The fourth-order valence-corrected chi connectivity index (χ4v) is 1.77. The van der Waals surface area contributed by atoms with Crippen molar-refractivity contribution in [2.24, 2.45) is 0 Å². The van der Waals surface area contributed by atoms with Gasteiger partial charge in [-0.15, -0.1) is 11.3 Å². The number of hydrogen-bond acceptors (Lipinski definition) is 3. The summed E-state index contributed by atoms with van der Waals surface area (Å²) in [5.41, 5.74) is 0.819. The van der Waals surface area contributed by atoms with Gasteiger partial charge < -0.3 is 5.11 Å². The van der Waals surface area contributed by atoms with Crippen LogP contribution in [0, 0.1) is 18.3 Å². The molecule has 1 rings (SSSR count). The van der Waals surface area contributed by atoms with Crippen molar-refractivity contribution >= 4 is 17.3 Å². The molecule has 1 heterocycles. The predicted octanol–water partition coefficient (Wildman–Crippen LogP) is 1.82. The van der Waals surface area contributed by atoms with Crippen LogP contribution in [0.25, 0.3) is 0 Å². The third-order valence-electron chi connectivity index (χ3n) is 1.50.